The fourth-order valence-corrected chi connectivity index (χ4v) is 4.44. The van der Waals surface area contributed by atoms with Crippen LogP contribution in [-0.4, -0.2) is 54.5 Å². The number of nitrogens with zero attached hydrogens (tertiary/aromatic N) is 1. The number of carboxylic acids is 1. The zero-order valence-corrected chi connectivity index (χ0v) is 10.8. The van der Waals surface area contributed by atoms with Crippen molar-refractivity contribution in [2.75, 3.05) is 18.1 Å². The maximum atomic E-state index is 11.6. The van der Waals surface area contributed by atoms with Crippen molar-refractivity contribution < 1.29 is 18.3 Å². The first-order valence-corrected chi connectivity index (χ1v) is 7.87. The first kappa shape index (κ1) is 12.8. The van der Waals surface area contributed by atoms with Crippen molar-refractivity contribution in [3.63, 3.8) is 0 Å². The Labute approximate surface area is 102 Å². The van der Waals surface area contributed by atoms with Gasteiger partial charge in [0, 0.05) is 18.6 Å². The third kappa shape index (κ3) is 2.98. The summed E-state index contributed by atoms with van der Waals surface area (Å²) in [6, 6.07) is 0.0635. The van der Waals surface area contributed by atoms with Gasteiger partial charge in [-0.05, 0) is 18.8 Å². The second-order valence-corrected chi connectivity index (χ2v) is 7.56. The summed E-state index contributed by atoms with van der Waals surface area (Å²) < 4.78 is 23.1. The molecule has 5 nitrogen and oxygen atoms in total. The van der Waals surface area contributed by atoms with Gasteiger partial charge in [-0.3, -0.25) is 9.69 Å². The molecule has 0 amide bonds. The number of rotatable bonds is 3. The first-order valence-electron chi connectivity index (χ1n) is 6.05. The third-order valence-electron chi connectivity index (χ3n) is 3.80. The van der Waals surface area contributed by atoms with Gasteiger partial charge in [0.25, 0.3) is 0 Å². The van der Waals surface area contributed by atoms with E-state index in [1.54, 1.807) is 0 Å². The van der Waals surface area contributed by atoms with E-state index in [4.69, 9.17) is 5.11 Å². The standard InChI is InChI=1S/C11H19NO4S/c1-8-4-9(5-8)12-2-3-17(15,16)7-10(12)6-11(13)14/h8-10H,2-7H2,1H3,(H,13,14). The predicted octanol–water partition coefficient (Wildman–Crippen LogP) is 0.359. The van der Waals surface area contributed by atoms with E-state index in [1.807, 2.05) is 0 Å². The molecule has 98 valence electrons. The van der Waals surface area contributed by atoms with E-state index in [0.29, 0.717) is 18.5 Å². The van der Waals surface area contributed by atoms with Crippen LogP contribution < -0.4 is 0 Å². The maximum absolute atomic E-state index is 11.6. The van der Waals surface area contributed by atoms with Crippen LogP contribution in [0, 0.1) is 5.92 Å². The van der Waals surface area contributed by atoms with E-state index in [-0.39, 0.29) is 24.0 Å². The number of carboxylic acid groups (broad SMARTS) is 1. The van der Waals surface area contributed by atoms with Crippen LogP contribution in [0.2, 0.25) is 0 Å². The molecular weight excluding hydrogens is 242 g/mol. The molecule has 1 heterocycles. The van der Waals surface area contributed by atoms with Crippen molar-refractivity contribution in [3.05, 3.63) is 0 Å². The van der Waals surface area contributed by atoms with Gasteiger partial charge in [0.1, 0.15) is 0 Å². The van der Waals surface area contributed by atoms with Crippen LogP contribution in [0.5, 0.6) is 0 Å². The van der Waals surface area contributed by atoms with Crippen LogP contribution in [-0.2, 0) is 14.6 Å². The molecule has 0 aromatic rings. The average Bonchev–Trinajstić information content (AvgIpc) is 2.12. The normalized spacial score (nSPS) is 37.4. The highest BCUT2D eigenvalue weighted by atomic mass is 32.2. The Bertz CT molecular complexity index is 400. The van der Waals surface area contributed by atoms with Gasteiger partial charge in [0.15, 0.2) is 9.84 Å². The van der Waals surface area contributed by atoms with E-state index < -0.39 is 15.8 Å². The number of carbonyl (C=O) groups is 1. The molecule has 1 saturated carbocycles. The Morgan fingerprint density at radius 2 is 2.06 bits per heavy atom. The highest BCUT2D eigenvalue weighted by Gasteiger charge is 2.40. The Morgan fingerprint density at radius 1 is 1.41 bits per heavy atom. The van der Waals surface area contributed by atoms with Gasteiger partial charge < -0.3 is 5.11 Å². The maximum Gasteiger partial charge on any atom is 0.304 e. The van der Waals surface area contributed by atoms with Crippen molar-refractivity contribution in [2.45, 2.75) is 38.3 Å². The minimum Gasteiger partial charge on any atom is -0.481 e. The summed E-state index contributed by atoms with van der Waals surface area (Å²) in [4.78, 5) is 12.9. The Balaban J connectivity index is 2.05. The summed E-state index contributed by atoms with van der Waals surface area (Å²) in [6.07, 6.45) is 2.07. The monoisotopic (exact) mass is 261 g/mol. The highest BCUT2D eigenvalue weighted by molar-refractivity contribution is 7.91. The minimum absolute atomic E-state index is 0.00415. The van der Waals surface area contributed by atoms with Gasteiger partial charge in [-0.1, -0.05) is 6.92 Å². The lowest BCUT2D eigenvalue weighted by Gasteiger charge is -2.47. The number of sulfone groups is 1. The predicted molar refractivity (Wildman–Crippen MR) is 63.6 cm³/mol. The van der Waals surface area contributed by atoms with Crippen molar-refractivity contribution in [1.29, 1.82) is 0 Å². The van der Waals surface area contributed by atoms with Crippen molar-refractivity contribution in [2.24, 2.45) is 5.92 Å². The van der Waals surface area contributed by atoms with Crippen molar-refractivity contribution in [1.82, 2.24) is 4.90 Å². The molecule has 17 heavy (non-hydrogen) atoms. The summed E-state index contributed by atoms with van der Waals surface area (Å²) in [5.74, 6) is -0.0495. The van der Waals surface area contributed by atoms with E-state index in [0.717, 1.165) is 12.8 Å². The van der Waals surface area contributed by atoms with Gasteiger partial charge in [-0.25, -0.2) is 8.42 Å². The molecule has 1 atom stereocenters. The second kappa shape index (κ2) is 4.57. The fourth-order valence-electron chi connectivity index (χ4n) is 2.89. The summed E-state index contributed by atoms with van der Waals surface area (Å²) in [5, 5.41) is 8.86. The largest absolute Gasteiger partial charge is 0.481 e. The van der Waals surface area contributed by atoms with Crippen molar-refractivity contribution >= 4 is 15.8 Å². The van der Waals surface area contributed by atoms with Gasteiger partial charge >= 0.3 is 5.97 Å². The highest BCUT2D eigenvalue weighted by Crippen LogP contribution is 2.34. The number of hydrogen-bond acceptors (Lipinski definition) is 4. The van der Waals surface area contributed by atoms with E-state index >= 15 is 0 Å². The van der Waals surface area contributed by atoms with E-state index in [2.05, 4.69) is 11.8 Å². The number of hydrogen-bond donors (Lipinski definition) is 1. The smallest absolute Gasteiger partial charge is 0.304 e. The molecule has 0 bridgehead atoms. The lowest BCUT2D eigenvalue weighted by Crippen LogP contribution is -2.56. The van der Waals surface area contributed by atoms with E-state index in [9.17, 15) is 13.2 Å². The molecule has 2 rings (SSSR count). The molecule has 1 saturated heterocycles. The summed E-state index contributed by atoms with van der Waals surface area (Å²) in [7, 11) is -3.05. The summed E-state index contributed by atoms with van der Waals surface area (Å²) in [6.45, 7) is 2.67. The van der Waals surface area contributed by atoms with Gasteiger partial charge in [0.05, 0.1) is 17.9 Å². The molecule has 0 aromatic carbocycles. The second-order valence-electron chi connectivity index (χ2n) is 5.33. The molecule has 1 aliphatic heterocycles. The van der Waals surface area contributed by atoms with Crippen LogP contribution in [0.1, 0.15) is 26.2 Å². The quantitative estimate of drug-likeness (QED) is 0.794. The molecule has 2 fully saturated rings. The third-order valence-corrected chi connectivity index (χ3v) is 5.50. The number of aliphatic carboxylic acids is 1. The van der Waals surface area contributed by atoms with Gasteiger partial charge in [-0.15, -0.1) is 0 Å². The van der Waals surface area contributed by atoms with Crippen LogP contribution in [0.25, 0.3) is 0 Å². The molecule has 0 spiro atoms. The Kier molecular flexibility index (Phi) is 3.45. The zero-order chi connectivity index (χ0) is 12.6. The lowest BCUT2D eigenvalue weighted by molar-refractivity contribution is -0.138. The summed E-state index contributed by atoms with van der Waals surface area (Å²) >= 11 is 0. The van der Waals surface area contributed by atoms with E-state index in [1.165, 1.54) is 0 Å². The van der Waals surface area contributed by atoms with Gasteiger partial charge in [-0.2, -0.15) is 0 Å². The Morgan fingerprint density at radius 3 is 2.59 bits per heavy atom. The lowest BCUT2D eigenvalue weighted by atomic mass is 9.80. The van der Waals surface area contributed by atoms with Gasteiger partial charge in [0.2, 0.25) is 0 Å². The SMILES string of the molecule is CC1CC(N2CCS(=O)(=O)CC2CC(=O)O)C1. The first-order chi connectivity index (χ1) is 7.87. The molecule has 1 N–H and O–H groups in total. The summed E-state index contributed by atoms with van der Waals surface area (Å²) in [5.41, 5.74) is 0. The van der Waals surface area contributed by atoms with Crippen molar-refractivity contribution in [3.8, 4) is 0 Å². The molecule has 0 aromatic heterocycles. The topological polar surface area (TPSA) is 74.7 Å². The van der Waals surface area contributed by atoms with Crippen LogP contribution in [0.4, 0.5) is 0 Å². The molecule has 0 radical (unpaired) electrons. The average molecular weight is 261 g/mol. The molecule has 1 aliphatic carbocycles. The van der Waals surface area contributed by atoms with Crippen LogP contribution in [0.3, 0.4) is 0 Å². The molecule has 2 aliphatic rings. The zero-order valence-electron chi connectivity index (χ0n) is 10.0. The Hall–Kier alpha value is -0.620. The molecule has 6 heteroatoms. The minimum atomic E-state index is -3.05. The van der Waals surface area contributed by atoms with Crippen LogP contribution >= 0.6 is 0 Å². The molecule has 1 unspecified atom stereocenters. The fraction of sp³-hybridized carbons (Fsp3) is 0.909. The van der Waals surface area contributed by atoms with Crippen LogP contribution in [0.15, 0.2) is 0 Å². The molecular formula is C11H19NO4S.